The zero-order valence-corrected chi connectivity index (χ0v) is 16.5. The van der Waals surface area contributed by atoms with Crippen LogP contribution in [0.2, 0.25) is 5.02 Å². The fourth-order valence-corrected chi connectivity index (χ4v) is 2.81. The molecule has 0 saturated carbocycles. The number of H-pyrrole nitrogens is 1. The van der Waals surface area contributed by atoms with Gasteiger partial charge in [0.05, 0.1) is 24.6 Å². The fourth-order valence-electron chi connectivity index (χ4n) is 2.48. The minimum atomic E-state index is 0.103. The van der Waals surface area contributed by atoms with E-state index in [1.54, 1.807) is 25.5 Å². The Kier molecular flexibility index (Phi) is 6.03. The molecule has 28 heavy (non-hydrogen) atoms. The predicted molar refractivity (Wildman–Crippen MR) is 116 cm³/mol. The minimum Gasteiger partial charge on any atom is -0.497 e. The number of methoxy groups -OCH3 is 1. The normalized spacial score (nSPS) is 11.7. The quantitative estimate of drug-likeness (QED) is 0.255. The maximum Gasteiger partial charge on any atom is 0.199 e. The highest BCUT2D eigenvalue weighted by Crippen LogP contribution is 2.26. The second kappa shape index (κ2) is 8.64. The van der Waals surface area contributed by atoms with E-state index in [2.05, 4.69) is 20.2 Å². The SMILES string of the molecule is COc1ccc(/C=N/N=C(\N)c2c(N)nc(=S)[nH]c2-c2ccc(Cl)cc2)cc1. The van der Waals surface area contributed by atoms with Gasteiger partial charge in [-0.25, -0.2) is 4.98 Å². The fraction of sp³-hybridized carbons (Fsp3) is 0.0526. The molecule has 2 aromatic carbocycles. The molecule has 142 valence electrons. The van der Waals surface area contributed by atoms with Crippen LogP contribution in [-0.4, -0.2) is 29.1 Å². The Morgan fingerprint density at radius 2 is 1.86 bits per heavy atom. The first-order valence-corrected chi connectivity index (χ1v) is 8.93. The first-order valence-electron chi connectivity index (χ1n) is 8.14. The third-order valence-electron chi connectivity index (χ3n) is 3.84. The van der Waals surface area contributed by atoms with Crippen LogP contribution in [0.5, 0.6) is 5.75 Å². The first-order chi connectivity index (χ1) is 13.5. The highest BCUT2D eigenvalue weighted by Gasteiger charge is 2.15. The van der Waals surface area contributed by atoms with E-state index in [0.717, 1.165) is 16.9 Å². The third kappa shape index (κ3) is 4.54. The number of rotatable bonds is 5. The molecule has 1 heterocycles. The predicted octanol–water partition coefficient (Wildman–Crippen LogP) is 3.79. The first kappa shape index (κ1) is 19.5. The molecule has 0 aliphatic carbocycles. The molecule has 0 saturated heterocycles. The molecule has 0 radical (unpaired) electrons. The Morgan fingerprint density at radius 1 is 1.18 bits per heavy atom. The number of benzene rings is 2. The lowest BCUT2D eigenvalue weighted by Crippen LogP contribution is -2.18. The van der Waals surface area contributed by atoms with Gasteiger partial charge in [0.15, 0.2) is 10.6 Å². The van der Waals surface area contributed by atoms with Crippen LogP contribution in [0.15, 0.2) is 58.7 Å². The maximum absolute atomic E-state index is 6.14. The zero-order valence-electron chi connectivity index (χ0n) is 14.9. The van der Waals surface area contributed by atoms with Crippen LogP contribution in [0, 0.1) is 4.77 Å². The van der Waals surface area contributed by atoms with E-state index in [9.17, 15) is 0 Å². The summed E-state index contributed by atoms with van der Waals surface area (Å²) in [5, 5.41) is 8.71. The average Bonchev–Trinajstić information content (AvgIpc) is 2.68. The smallest absolute Gasteiger partial charge is 0.199 e. The molecule has 0 aliphatic heterocycles. The number of halogens is 1. The molecule has 0 unspecified atom stereocenters. The Morgan fingerprint density at radius 3 is 2.50 bits per heavy atom. The summed E-state index contributed by atoms with van der Waals surface area (Å²) in [6, 6.07) is 14.5. The summed E-state index contributed by atoms with van der Waals surface area (Å²) in [4.78, 5) is 7.08. The van der Waals surface area contributed by atoms with Gasteiger partial charge in [-0.3, -0.25) is 0 Å². The summed E-state index contributed by atoms with van der Waals surface area (Å²) >= 11 is 11.1. The van der Waals surface area contributed by atoms with Gasteiger partial charge in [0, 0.05) is 5.02 Å². The average molecular weight is 413 g/mol. The number of hydrogen-bond donors (Lipinski definition) is 3. The Hall–Kier alpha value is -3.23. The van der Waals surface area contributed by atoms with Gasteiger partial charge in [0.2, 0.25) is 0 Å². The number of aromatic amines is 1. The van der Waals surface area contributed by atoms with Crippen molar-refractivity contribution in [1.82, 2.24) is 9.97 Å². The van der Waals surface area contributed by atoms with Crippen molar-refractivity contribution in [2.75, 3.05) is 12.8 Å². The molecule has 3 aromatic rings. The number of anilines is 1. The molecule has 0 atom stereocenters. The molecule has 1 aromatic heterocycles. The molecular weight excluding hydrogens is 396 g/mol. The number of nitrogens with two attached hydrogens (primary N) is 2. The van der Waals surface area contributed by atoms with Crippen LogP contribution >= 0.6 is 23.8 Å². The second-order valence-corrected chi connectivity index (χ2v) is 6.51. The summed E-state index contributed by atoms with van der Waals surface area (Å²) < 4.78 is 5.36. The number of ether oxygens (including phenoxy) is 1. The summed E-state index contributed by atoms with van der Waals surface area (Å²) in [6.45, 7) is 0. The maximum atomic E-state index is 6.14. The second-order valence-electron chi connectivity index (χ2n) is 5.69. The van der Waals surface area contributed by atoms with Crippen molar-refractivity contribution in [3.8, 4) is 17.0 Å². The van der Waals surface area contributed by atoms with Crippen molar-refractivity contribution >= 4 is 41.7 Å². The van der Waals surface area contributed by atoms with E-state index in [-0.39, 0.29) is 16.4 Å². The molecular formula is C19H17ClN6OS. The van der Waals surface area contributed by atoms with Crippen LogP contribution in [0.4, 0.5) is 5.82 Å². The highest BCUT2D eigenvalue weighted by molar-refractivity contribution is 7.71. The molecule has 3 rings (SSSR count). The molecule has 0 bridgehead atoms. The number of nitrogen functional groups attached to an aromatic ring is 1. The summed E-state index contributed by atoms with van der Waals surface area (Å²) in [5.41, 5.74) is 14.8. The lowest BCUT2D eigenvalue weighted by Gasteiger charge is -2.11. The van der Waals surface area contributed by atoms with Gasteiger partial charge in [-0.2, -0.15) is 5.10 Å². The van der Waals surface area contributed by atoms with Crippen molar-refractivity contribution < 1.29 is 4.74 Å². The van der Waals surface area contributed by atoms with Gasteiger partial charge in [0.25, 0.3) is 0 Å². The Balaban J connectivity index is 1.97. The van der Waals surface area contributed by atoms with Crippen molar-refractivity contribution in [2.45, 2.75) is 0 Å². The molecule has 0 spiro atoms. The van der Waals surface area contributed by atoms with Crippen LogP contribution < -0.4 is 16.2 Å². The van der Waals surface area contributed by atoms with Gasteiger partial charge in [0.1, 0.15) is 11.6 Å². The van der Waals surface area contributed by atoms with Crippen molar-refractivity contribution in [3.63, 3.8) is 0 Å². The van der Waals surface area contributed by atoms with E-state index in [4.69, 9.17) is 40.0 Å². The largest absolute Gasteiger partial charge is 0.497 e. The molecule has 7 nitrogen and oxygen atoms in total. The summed E-state index contributed by atoms with van der Waals surface area (Å²) in [6.07, 6.45) is 1.57. The topological polar surface area (TPSA) is 115 Å². The van der Waals surface area contributed by atoms with Crippen molar-refractivity contribution in [1.29, 1.82) is 0 Å². The molecule has 0 fully saturated rings. The van der Waals surface area contributed by atoms with E-state index in [1.165, 1.54) is 0 Å². The number of nitrogens with zero attached hydrogens (tertiary/aromatic N) is 3. The lowest BCUT2D eigenvalue weighted by atomic mass is 10.1. The van der Waals surface area contributed by atoms with E-state index in [0.29, 0.717) is 16.3 Å². The van der Waals surface area contributed by atoms with Crippen molar-refractivity contribution in [2.24, 2.45) is 15.9 Å². The zero-order chi connectivity index (χ0) is 20.1. The standard InChI is InChI=1S/C19H17ClN6OS/c1-27-14-8-2-11(3-9-14)10-23-26-18(22)15-16(24-19(28)25-17(15)21)12-4-6-13(20)7-5-12/h2-10H,1H3,(H2,22,26)(H3,21,24,25,28)/b23-10+. The van der Waals surface area contributed by atoms with Crippen LogP contribution in [0.25, 0.3) is 11.3 Å². The Bertz CT molecular complexity index is 1090. The van der Waals surface area contributed by atoms with Crippen LogP contribution in [0.1, 0.15) is 11.1 Å². The van der Waals surface area contributed by atoms with Gasteiger partial charge >= 0.3 is 0 Å². The van der Waals surface area contributed by atoms with E-state index in [1.807, 2.05) is 36.4 Å². The number of nitrogens with one attached hydrogen (secondary N) is 1. The summed E-state index contributed by atoms with van der Waals surface area (Å²) in [7, 11) is 1.61. The van der Waals surface area contributed by atoms with E-state index < -0.39 is 0 Å². The van der Waals surface area contributed by atoms with E-state index >= 15 is 0 Å². The minimum absolute atomic E-state index is 0.103. The van der Waals surface area contributed by atoms with Crippen LogP contribution in [-0.2, 0) is 0 Å². The molecule has 0 amide bonds. The molecule has 9 heteroatoms. The number of hydrogen-bond acceptors (Lipinski definition) is 6. The van der Waals surface area contributed by atoms with Crippen LogP contribution in [0.3, 0.4) is 0 Å². The van der Waals surface area contributed by atoms with Gasteiger partial charge in [-0.1, -0.05) is 23.7 Å². The Labute approximate surface area is 171 Å². The number of aromatic nitrogens is 2. The van der Waals surface area contributed by atoms with Crippen molar-refractivity contribution in [3.05, 3.63) is 69.5 Å². The molecule has 0 aliphatic rings. The summed E-state index contributed by atoms with van der Waals surface area (Å²) in [5.74, 6) is 1.02. The third-order valence-corrected chi connectivity index (χ3v) is 4.28. The number of amidine groups is 1. The highest BCUT2D eigenvalue weighted by atomic mass is 35.5. The lowest BCUT2D eigenvalue weighted by molar-refractivity contribution is 0.415. The monoisotopic (exact) mass is 412 g/mol. The van der Waals surface area contributed by atoms with Gasteiger partial charge in [-0.05, 0) is 59.7 Å². The van der Waals surface area contributed by atoms with Gasteiger partial charge < -0.3 is 21.2 Å². The molecule has 5 N–H and O–H groups in total. The van der Waals surface area contributed by atoms with Gasteiger partial charge in [-0.15, -0.1) is 5.10 Å².